The van der Waals surface area contributed by atoms with Gasteiger partial charge >= 0.3 is 0 Å². The molecule has 2 aromatic rings. The predicted octanol–water partition coefficient (Wildman–Crippen LogP) is 2.03. The van der Waals surface area contributed by atoms with Crippen LogP contribution in [-0.4, -0.2) is 38.5 Å². The maximum absolute atomic E-state index is 5.74. The van der Waals surface area contributed by atoms with E-state index in [1.54, 1.807) is 11.0 Å². The molecule has 2 heterocycles. The van der Waals surface area contributed by atoms with Gasteiger partial charge in [-0.25, -0.2) is 4.68 Å². The van der Waals surface area contributed by atoms with Crippen molar-refractivity contribution in [1.82, 2.24) is 20.2 Å². The molecule has 1 unspecified atom stereocenters. The Morgan fingerprint density at radius 2 is 2.10 bits per heavy atom. The highest BCUT2D eigenvalue weighted by molar-refractivity contribution is 5.49. The highest BCUT2D eigenvalue weighted by Gasteiger charge is 2.28. The molecule has 6 heteroatoms. The van der Waals surface area contributed by atoms with Crippen LogP contribution in [0.1, 0.15) is 26.7 Å². The van der Waals surface area contributed by atoms with E-state index in [0.717, 1.165) is 30.8 Å². The molecule has 1 saturated heterocycles. The van der Waals surface area contributed by atoms with Crippen molar-refractivity contribution in [3.63, 3.8) is 0 Å². The van der Waals surface area contributed by atoms with Crippen molar-refractivity contribution in [3.8, 4) is 5.69 Å². The van der Waals surface area contributed by atoms with Gasteiger partial charge in [0, 0.05) is 18.3 Å². The average molecular weight is 273 g/mol. The largest absolute Gasteiger partial charge is 0.382 e. The van der Waals surface area contributed by atoms with Crippen molar-refractivity contribution in [2.75, 3.05) is 11.9 Å². The van der Waals surface area contributed by atoms with E-state index in [2.05, 4.69) is 46.8 Å². The Morgan fingerprint density at radius 3 is 2.75 bits per heavy atom. The zero-order chi connectivity index (χ0) is 14.0. The van der Waals surface area contributed by atoms with Gasteiger partial charge < -0.3 is 10.1 Å². The second-order valence-corrected chi connectivity index (χ2v) is 5.74. The van der Waals surface area contributed by atoms with Crippen molar-refractivity contribution >= 4 is 5.69 Å². The molecule has 0 saturated carbocycles. The van der Waals surface area contributed by atoms with Crippen LogP contribution in [0.5, 0.6) is 0 Å². The molecular weight excluding hydrogens is 254 g/mol. The molecule has 6 nitrogen and oxygen atoms in total. The van der Waals surface area contributed by atoms with Gasteiger partial charge in [0.2, 0.25) is 0 Å². The van der Waals surface area contributed by atoms with Gasteiger partial charge in [-0.05, 0) is 61.4 Å². The van der Waals surface area contributed by atoms with Crippen LogP contribution >= 0.6 is 0 Å². The number of ether oxygens (including phenoxy) is 1. The SMILES string of the molecule is CC1(C)CC(Nc2ccc(-n3cnnn3)cc2)CCO1. The lowest BCUT2D eigenvalue weighted by molar-refractivity contribution is -0.0553. The maximum atomic E-state index is 5.74. The number of hydrogen-bond acceptors (Lipinski definition) is 5. The lowest BCUT2D eigenvalue weighted by Crippen LogP contribution is -2.40. The fourth-order valence-corrected chi connectivity index (χ4v) is 2.58. The van der Waals surface area contributed by atoms with Crippen molar-refractivity contribution in [2.24, 2.45) is 0 Å². The van der Waals surface area contributed by atoms with Gasteiger partial charge in [0.1, 0.15) is 6.33 Å². The minimum atomic E-state index is -0.0394. The summed E-state index contributed by atoms with van der Waals surface area (Å²) in [5, 5.41) is 14.7. The standard InChI is InChI=1S/C14H19N5O/c1-14(2)9-12(7-8-20-14)16-11-3-5-13(6-4-11)19-10-15-17-18-19/h3-6,10,12,16H,7-9H2,1-2H3. The molecule has 106 valence electrons. The topological polar surface area (TPSA) is 64.9 Å². The molecule has 3 rings (SSSR count). The zero-order valence-corrected chi connectivity index (χ0v) is 11.8. The minimum Gasteiger partial charge on any atom is -0.382 e. The van der Waals surface area contributed by atoms with Crippen LogP contribution in [0.25, 0.3) is 5.69 Å². The Balaban J connectivity index is 1.66. The van der Waals surface area contributed by atoms with Crippen molar-refractivity contribution < 1.29 is 4.74 Å². The Bertz CT molecular complexity index is 549. The normalized spacial score (nSPS) is 21.6. The fourth-order valence-electron chi connectivity index (χ4n) is 2.58. The third-order valence-electron chi connectivity index (χ3n) is 3.55. The van der Waals surface area contributed by atoms with Crippen molar-refractivity contribution in [2.45, 2.75) is 38.3 Å². The second kappa shape index (κ2) is 5.20. The van der Waals surface area contributed by atoms with Crippen LogP contribution in [0.2, 0.25) is 0 Å². The molecule has 0 bridgehead atoms. The summed E-state index contributed by atoms with van der Waals surface area (Å²) in [6.45, 7) is 5.09. The Labute approximate surface area is 118 Å². The molecule has 1 aliphatic rings. The summed E-state index contributed by atoms with van der Waals surface area (Å²) in [5.41, 5.74) is 2.03. The first-order valence-corrected chi connectivity index (χ1v) is 6.86. The van der Waals surface area contributed by atoms with Crippen LogP contribution in [0.15, 0.2) is 30.6 Å². The quantitative estimate of drug-likeness (QED) is 0.927. The van der Waals surface area contributed by atoms with E-state index in [1.807, 2.05) is 12.1 Å². The van der Waals surface area contributed by atoms with E-state index >= 15 is 0 Å². The highest BCUT2D eigenvalue weighted by atomic mass is 16.5. The molecule has 0 aliphatic carbocycles. The smallest absolute Gasteiger partial charge is 0.143 e. The summed E-state index contributed by atoms with van der Waals surface area (Å²) in [7, 11) is 0. The molecule has 0 spiro atoms. The summed E-state index contributed by atoms with van der Waals surface area (Å²) in [6, 6.07) is 8.57. The molecule has 1 fully saturated rings. The molecule has 1 aliphatic heterocycles. The Morgan fingerprint density at radius 1 is 1.30 bits per heavy atom. The van der Waals surface area contributed by atoms with Gasteiger partial charge in [-0.15, -0.1) is 5.10 Å². The van der Waals surface area contributed by atoms with Crippen molar-refractivity contribution in [1.29, 1.82) is 0 Å². The van der Waals surface area contributed by atoms with Crippen molar-refractivity contribution in [3.05, 3.63) is 30.6 Å². The van der Waals surface area contributed by atoms with Crippen LogP contribution in [0.3, 0.4) is 0 Å². The maximum Gasteiger partial charge on any atom is 0.143 e. The Kier molecular flexibility index (Phi) is 3.40. The predicted molar refractivity (Wildman–Crippen MR) is 75.8 cm³/mol. The van der Waals surface area contributed by atoms with Gasteiger partial charge in [0.25, 0.3) is 0 Å². The monoisotopic (exact) mass is 273 g/mol. The number of aromatic nitrogens is 4. The van der Waals surface area contributed by atoms with Crippen LogP contribution in [-0.2, 0) is 4.74 Å². The summed E-state index contributed by atoms with van der Waals surface area (Å²) in [6.07, 6.45) is 3.64. The third-order valence-corrected chi connectivity index (χ3v) is 3.55. The second-order valence-electron chi connectivity index (χ2n) is 5.74. The molecule has 0 radical (unpaired) electrons. The summed E-state index contributed by atoms with van der Waals surface area (Å²) < 4.78 is 7.38. The highest BCUT2D eigenvalue weighted by Crippen LogP contribution is 2.26. The number of tetrazole rings is 1. The van der Waals surface area contributed by atoms with E-state index in [-0.39, 0.29) is 5.60 Å². The first-order valence-electron chi connectivity index (χ1n) is 6.86. The molecule has 1 aromatic carbocycles. The van der Waals surface area contributed by atoms with E-state index in [4.69, 9.17) is 4.74 Å². The Hall–Kier alpha value is -1.95. The number of rotatable bonds is 3. The van der Waals surface area contributed by atoms with Gasteiger partial charge in [-0.3, -0.25) is 0 Å². The number of nitrogens with zero attached hydrogens (tertiary/aromatic N) is 4. The summed E-state index contributed by atoms with van der Waals surface area (Å²) in [5.74, 6) is 0. The molecule has 20 heavy (non-hydrogen) atoms. The number of benzene rings is 1. The molecular formula is C14H19N5O. The van der Waals surface area contributed by atoms with Crippen LogP contribution in [0.4, 0.5) is 5.69 Å². The first-order chi connectivity index (χ1) is 9.62. The van der Waals surface area contributed by atoms with Gasteiger partial charge in [0.15, 0.2) is 0 Å². The van der Waals surface area contributed by atoms with E-state index in [1.165, 1.54) is 0 Å². The molecule has 1 atom stereocenters. The van der Waals surface area contributed by atoms with E-state index in [0.29, 0.717) is 6.04 Å². The minimum absolute atomic E-state index is 0.0394. The number of hydrogen-bond donors (Lipinski definition) is 1. The first kappa shape index (κ1) is 13.1. The number of anilines is 1. The van der Waals surface area contributed by atoms with E-state index < -0.39 is 0 Å². The van der Waals surface area contributed by atoms with Gasteiger partial charge in [-0.1, -0.05) is 0 Å². The molecule has 1 aromatic heterocycles. The summed E-state index contributed by atoms with van der Waals surface area (Å²) in [4.78, 5) is 0. The number of nitrogens with one attached hydrogen (secondary N) is 1. The summed E-state index contributed by atoms with van der Waals surface area (Å²) >= 11 is 0. The van der Waals surface area contributed by atoms with Gasteiger partial charge in [0.05, 0.1) is 11.3 Å². The fraction of sp³-hybridized carbons (Fsp3) is 0.500. The lowest BCUT2D eigenvalue weighted by atomic mass is 9.94. The lowest BCUT2D eigenvalue weighted by Gasteiger charge is -2.36. The van der Waals surface area contributed by atoms with Crippen LogP contribution < -0.4 is 5.32 Å². The average Bonchev–Trinajstić information content (AvgIpc) is 2.92. The van der Waals surface area contributed by atoms with E-state index in [9.17, 15) is 0 Å². The van der Waals surface area contributed by atoms with Gasteiger partial charge in [-0.2, -0.15) is 0 Å². The zero-order valence-electron chi connectivity index (χ0n) is 11.8. The van der Waals surface area contributed by atoms with Crippen LogP contribution in [0, 0.1) is 0 Å². The molecule has 0 amide bonds. The third kappa shape index (κ3) is 2.96. The molecule has 1 N–H and O–H groups in total.